The molecular weight excluding hydrogens is 278 g/mol. The third-order valence-electron chi connectivity index (χ3n) is 3.08. The molecule has 4 heteroatoms. The van der Waals surface area contributed by atoms with Crippen molar-refractivity contribution in [3.63, 3.8) is 0 Å². The van der Waals surface area contributed by atoms with Crippen LogP contribution in [0.2, 0.25) is 0 Å². The first-order valence-electron chi connectivity index (χ1n) is 7.05. The van der Waals surface area contributed by atoms with Crippen LogP contribution in [0.25, 0.3) is 6.08 Å². The number of hydrogen-bond acceptors (Lipinski definition) is 3. The molecule has 0 heterocycles. The van der Waals surface area contributed by atoms with Gasteiger partial charge in [0.25, 0.3) is 0 Å². The lowest BCUT2D eigenvalue weighted by Crippen LogP contribution is -2.24. The number of nitrogens with zero attached hydrogens (tertiary/aromatic N) is 1. The Hall–Kier alpha value is -2.59. The van der Waals surface area contributed by atoms with Crippen LogP contribution in [0.3, 0.4) is 0 Å². The highest BCUT2D eigenvalue weighted by atomic mass is 16.5. The standard InChI is InChI=1S/C18H19NO3/c1-15(20)19(21)13-5-8-16-9-11-18(12-10-16)22-14-17-6-3-2-4-7-17/h2-12,21H,13-14H2,1H3. The van der Waals surface area contributed by atoms with Gasteiger partial charge in [0.2, 0.25) is 5.91 Å². The summed E-state index contributed by atoms with van der Waals surface area (Å²) in [5, 5.41) is 9.90. The highest BCUT2D eigenvalue weighted by Gasteiger charge is 2.00. The lowest BCUT2D eigenvalue weighted by molar-refractivity contribution is -0.160. The van der Waals surface area contributed by atoms with Gasteiger partial charge in [0.1, 0.15) is 12.4 Å². The summed E-state index contributed by atoms with van der Waals surface area (Å²) in [6.07, 6.45) is 3.56. The number of hydrogen-bond donors (Lipinski definition) is 1. The van der Waals surface area contributed by atoms with Crippen LogP contribution >= 0.6 is 0 Å². The molecule has 0 bridgehead atoms. The largest absolute Gasteiger partial charge is 0.489 e. The summed E-state index contributed by atoms with van der Waals surface area (Å²) in [7, 11) is 0. The summed E-state index contributed by atoms with van der Waals surface area (Å²) in [5.41, 5.74) is 2.10. The average Bonchev–Trinajstić information content (AvgIpc) is 2.55. The number of ether oxygens (including phenoxy) is 1. The summed E-state index contributed by atoms with van der Waals surface area (Å²) in [6, 6.07) is 17.6. The van der Waals surface area contributed by atoms with Crippen LogP contribution < -0.4 is 4.74 Å². The molecule has 0 unspecified atom stereocenters. The molecule has 4 nitrogen and oxygen atoms in total. The first kappa shape index (κ1) is 15.8. The van der Waals surface area contributed by atoms with E-state index in [0.29, 0.717) is 11.7 Å². The van der Waals surface area contributed by atoms with Crippen LogP contribution in [0.1, 0.15) is 18.1 Å². The molecule has 22 heavy (non-hydrogen) atoms. The third kappa shape index (κ3) is 5.07. The maximum Gasteiger partial charge on any atom is 0.243 e. The van der Waals surface area contributed by atoms with Crippen molar-refractivity contribution in [3.8, 4) is 5.75 Å². The maximum atomic E-state index is 10.8. The van der Waals surface area contributed by atoms with E-state index in [9.17, 15) is 10.0 Å². The Kier molecular flexibility index (Phi) is 5.74. The minimum Gasteiger partial charge on any atom is -0.489 e. The fourth-order valence-electron chi connectivity index (χ4n) is 1.83. The number of hydroxylamine groups is 2. The van der Waals surface area contributed by atoms with Crippen molar-refractivity contribution >= 4 is 12.0 Å². The highest BCUT2D eigenvalue weighted by Crippen LogP contribution is 2.15. The fraction of sp³-hybridized carbons (Fsp3) is 0.167. The number of rotatable bonds is 6. The molecule has 0 spiro atoms. The monoisotopic (exact) mass is 297 g/mol. The van der Waals surface area contributed by atoms with E-state index in [0.717, 1.165) is 16.9 Å². The van der Waals surface area contributed by atoms with Gasteiger partial charge in [-0.25, -0.2) is 5.06 Å². The van der Waals surface area contributed by atoms with E-state index >= 15 is 0 Å². The van der Waals surface area contributed by atoms with Gasteiger partial charge in [0.05, 0.1) is 6.54 Å². The van der Waals surface area contributed by atoms with Crippen molar-refractivity contribution in [2.45, 2.75) is 13.5 Å². The Labute approximate surface area is 130 Å². The lowest BCUT2D eigenvalue weighted by Gasteiger charge is -2.08. The predicted octanol–water partition coefficient (Wildman–Crippen LogP) is 3.52. The van der Waals surface area contributed by atoms with E-state index in [1.54, 1.807) is 6.08 Å². The van der Waals surface area contributed by atoms with Crippen LogP contribution in [0.15, 0.2) is 60.7 Å². The van der Waals surface area contributed by atoms with E-state index in [1.807, 2.05) is 60.7 Å². The molecule has 0 aromatic heterocycles. The van der Waals surface area contributed by atoms with Gasteiger partial charge in [0.15, 0.2) is 0 Å². The van der Waals surface area contributed by atoms with Gasteiger partial charge in [-0.1, -0.05) is 54.6 Å². The third-order valence-corrected chi connectivity index (χ3v) is 3.08. The average molecular weight is 297 g/mol. The van der Waals surface area contributed by atoms with Gasteiger partial charge in [-0.3, -0.25) is 10.0 Å². The molecule has 2 aromatic rings. The van der Waals surface area contributed by atoms with Gasteiger partial charge in [-0.2, -0.15) is 0 Å². The Morgan fingerprint density at radius 1 is 1.14 bits per heavy atom. The number of carbonyl (C=O) groups is 1. The zero-order chi connectivity index (χ0) is 15.8. The van der Waals surface area contributed by atoms with Crippen molar-refractivity contribution in [2.75, 3.05) is 6.54 Å². The van der Waals surface area contributed by atoms with E-state index in [-0.39, 0.29) is 12.5 Å². The highest BCUT2D eigenvalue weighted by molar-refractivity contribution is 5.72. The van der Waals surface area contributed by atoms with Gasteiger partial charge < -0.3 is 4.74 Å². The van der Waals surface area contributed by atoms with Crippen LogP contribution in [-0.2, 0) is 11.4 Å². The second-order valence-electron chi connectivity index (χ2n) is 4.85. The zero-order valence-electron chi connectivity index (χ0n) is 12.5. The molecule has 0 aliphatic carbocycles. The summed E-state index contributed by atoms with van der Waals surface area (Å²) < 4.78 is 5.70. The van der Waals surface area contributed by atoms with Gasteiger partial charge in [-0.05, 0) is 23.3 Å². The first-order chi connectivity index (χ1) is 10.6. The molecule has 0 saturated heterocycles. The van der Waals surface area contributed by atoms with E-state index in [1.165, 1.54) is 6.92 Å². The normalized spacial score (nSPS) is 10.6. The van der Waals surface area contributed by atoms with Gasteiger partial charge in [0, 0.05) is 6.92 Å². The molecule has 0 aliphatic heterocycles. The molecule has 0 fully saturated rings. The molecule has 1 N–H and O–H groups in total. The molecule has 114 valence electrons. The molecule has 0 saturated carbocycles. The quantitative estimate of drug-likeness (QED) is 0.655. The molecule has 0 atom stereocenters. The second kappa shape index (κ2) is 8.00. The minimum absolute atomic E-state index is 0.168. The van der Waals surface area contributed by atoms with Gasteiger partial charge >= 0.3 is 0 Å². The molecule has 0 radical (unpaired) electrons. The lowest BCUT2D eigenvalue weighted by atomic mass is 10.2. The van der Waals surface area contributed by atoms with Crippen LogP contribution in [0.4, 0.5) is 0 Å². The van der Waals surface area contributed by atoms with Crippen molar-refractivity contribution < 1.29 is 14.7 Å². The van der Waals surface area contributed by atoms with Gasteiger partial charge in [-0.15, -0.1) is 0 Å². The number of carbonyl (C=O) groups excluding carboxylic acids is 1. The van der Waals surface area contributed by atoms with E-state index in [2.05, 4.69) is 0 Å². The SMILES string of the molecule is CC(=O)N(O)CC=Cc1ccc(OCc2ccccc2)cc1. The molecular formula is C18H19NO3. The topological polar surface area (TPSA) is 49.8 Å². The fourth-order valence-corrected chi connectivity index (χ4v) is 1.83. The van der Waals surface area contributed by atoms with Crippen LogP contribution in [0.5, 0.6) is 5.75 Å². The Morgan fingerprint density at radius 3 is 2.45 bits per heavy atom. The van der Waals surface area contributed by atoms with Crippen molar-refractivity contribution in [1.29, 1.82) is 0 Å². The summed E-state index contributed by atoms with van der Waals surface area (Å²) in [6.45, 7) is 2.02. The summed E-state index contributed by atoms with van der Waals surface area (Å²) >= 11 is 0. The molecule has 1 amide bonds. The Bertz CT molecular complexity index is 621. The molecule has 2 aromatic carbocycles. The summed E-state index contributed by atoms with van der Waals surface area (Å²) in [5.74, 6) is 0.419. The van der Waals surface area contributed by atoms with E-state index < -0.39 is 0 Å². The minimum atomic E-state index is -0.380. The predicted molar refractivity (Wildman–Crippen MR) is 85.4 cm³/mol. The molecule has 0 aliphatic rings. The zero-order valence-corrected chi connectivity index (χ0v) is 12.5. The smallest absolute Gasteiger partial charge is 0.243 e. The van der Waals surface area contributed by atoms with Crippen molar-refractivity contribution in [3.05, 3.63) is 71.8 Å². The Balaban J connectivity index is 1.85. The van der Waals surface area contributed by atoms with Crippen LogP contribution in [0, 0.1) is 0 Å². The number of amides is 1. The first-order valence-corrected chi connectivity index (χ1v) is 7.05. The summed E-state index contributed by atoms with van der Waals surface area (Å²) in [4.78, 5) is 10.8. The van der Waals surface area contributed by atoms with E-state index in [4.69, 9.17) is 4.74 Å². The second-order valence-corrected chi connectivity index (χ2v) is 4.85. The number of benzene rings is 2. The maximum absolute atomic E-state index is 10.8. The van der Waals surface area contributed by atoms with Crippen molar-refractivity contribution in [1.82, 2.24) is 5.06 Å². The Morgan fingerprint density at radius 2 is 1.82 bits per heavy atom. The van der Waals surface area contributed by atoms with Crippen LogP contribution in [-0.4, -0.2) is 22.7 Å². The van der Waals surface area contributed by atoms with Crippen molar-refractivity contribution in [2.24, 2.45) is 0 Å². The molecule has 2 rings (SSSR count).